The van der Waals surface area contributed by atoms with Crippen molar-refractivity contribution in [3.05, 3.63) is 29.2 Å². The number of carboxylic acid groups (broad SMARTS) is 1. The number of nitrogens with zero attached hydrogens (tertiary/aromatic N) is 4. The number of ether oxygens (including phenoxy) is 1. The lowest BCUT2D eigenvalue weighted by Crippen LogP contribution is -2.51. The van der Waals surface area contributed by atoms with Crippen molar-refractivity contribution in [3.8, 4) is 0 Å². The number of carboxylic acids is 1. The van der Waals surface area contributed by atoms with E-state index in [4.69, 9.17) is 27.8 Å². The summed E-state index contributed by atoms with van der Waals surface area (Å²) in [6.07, 6.45) is 2.80. The standard InChI is InChI=1S/C20H25ClN6O4S/c1-10-16(22)20(9-31-10)3-6-27(7-4-20)18-14(15(28)19(29)30)26-12(8-25-18)32-11-2-5-24-17(23)13(11)21/h2,5,8,10,15-16,28H,3-4,6-7,9,22H2,1H3,(H2,23,24)(H,29,30)/t10-,15?,16+/m0/s1. The molecule has 0 aromatic carbocycles. The van der Waals surface area contributed by atoms with Crippen LogP contribution < -0.4 is 16.4 Å². The summed E-state index contributed by atoms with van der Waals surface area (Å²) in [7, 11) is 0. The van der Waals surface area contributed by atoms with Gasteiger partial charge >= 0.3 is 5.97 Å². The molecule has 10 nitrogen and oxygen atoms in total. The van der Waals surface area contributed by atoms with E-state index in [2.05, 4.69) is 15.0 Å². The van der Waals surface area contributed by atoms with Gasteiger partial charge in [-0.05, 0) is 25.8 Å². The maximum absolute atomic E-state index is 11.6. The van der Waals surface area contributed by atoms with Crippen LogP contribution in [0.25, 0.3) is 0 Å². The summed E-state index contributed by atoms with van der Waals surface area (Å²) in [6, 6.07) is 1.63. The first-order chi connectivity index (χ1) is 15.2. The molecule has 1 spiro atoms. The molecule has 6 N–H and O–H groups in total. The van der Waals surface area contributed by atoms with E-state index in [-0.39, 0.29) is 34.1 Å². The van der Waals surface area contributed by atoms with Crippen molar-refractivity contribution in [1.82, 2.24) is 15.0 Å². The molecule has 2 saturated heterocycles. The molecule has 0 bridgehead atoms. The van der Waals surface area contributed by atoms with Crippen LogP contribution in [-0.2, 0) is 9.53 Å². The molecule has 3 atom stereocenters. The molecule has 32 heavy (non-hydrogen) atoms. The Morgan fingerprint density at radius 2 is 2.12 bits per heavy atom. The van der Waals surface area contributed by atoms with Gasteiger partial charge in [0.2, 0.25) is 0 Å². The lowest BCUT2D eigenvalue weighted by molar-refractivity contribution is -0.147. The van der Waals surface area contributed by atoms with Gasteiger partial charge in [-0.2, -0.15) is 0 Å². The number of aliphatic hydroxyl groups excluding tert-OH is 1. The number of hydrogen-bond donors (Lipinski definition) is 4. The summed E-state index contributed by atoms with van der Waals surface area (Å²) in [4.78, 5) is 26.9. The summed E-state index contributed by atoms with van der Waals surface area (Å²) >= 11 is 7.36. The van der Waals surface area contributed by atoms with Crippen molar-refractivity contribution in [3.63, 3.8) is 0 Å². The number of halogens is 1. The average molecular weight is 481 g/mol. The van der Waals surface area contributed by atoms with Crippen LogP contribution in [-0.4, -0.2) is 63.0 Å². The van der Waals surface area contributed by atoms with Gasteiger partial charge in [-0.25, -0.2) is 19.7 Å². The lowest BCUT2D eigenvalue weighted by atomic mass is 9.73. The summed E-state index contributed by atoms with van der Waals surface area (Å²) < 4.78 is 5.77. The van der Waals surface area contributed by atoms with Crippen molar-refractivity contribution < 1.29 is 19.7 Å². The number of rotatable bonds is 5. The number of nitrogens with two attached hydrogens (primary N) is 2. The molecule has 172 valence electrons. The molecule has 2 fully saturated rings. The Bertz CT molecular complexity index is 1020. The Morgan fingerprint density at radius 3 is 2.75 bits per heavy atom. The Morgan fingerprint density at radius 1 is 1.41 bits per heavy atom. The van der Waals surface area contributed by atoms with Gasteiger partial charge in [0.15, 0.2) is 11.9 Å². The van der Waals surface area contributed by atoms with Crippen LogP contribution in [0.5, 0.6) is 0 Å². The third kappa shape index (κ3) is 4.23. The number of anilines is 2. The van der Waals surface area contributed by atoms with E-state index in [0.29, 0.717) is 35.4 Å². The third-order valence-electron chi connectivity index (χ3n) is 6.25. The number of pyridine rings is 1. The van der Waals surface area contributed by atoms with Crippen LogP contribution in [0, 0.1) is 5.41 Å². The molecule has 2 aliphatic heterocycles. The molecular formula is C20H25ClN6O4S. The Hall–Kier alpha value is -2.18. The average Bonchev–Trinajstić information content (AvgIpc) is 3.05. The number of aliphatic hydroxyl groups is 1. The van der Waals surface area contributed by atoms with Gasteiger partial charge in [0, 0.05) is 35.6 Å². The molecule has 4 rings (SSSR count). The number of hydrogen-bond acceptors (Lipinski definition) is 10. The van der Waals surface area contributed by atoms with E-state index >= 15 is 0 Å². The minimum Gasteiger partial charge on any atom is -0.479 e. The van der Waals surface area contributed by atoms with E-state index in [1.54, 1.807) is 6.07 Å². The largest absolute Gasteiger partial charge is 0.479 e. The monoisotopic (exact) mass is 480 g/mol. The Kier molecular flexibility index (Phi) is 6.46. The Labute approximate surface area is 194 Å². The van der Waals surface area contributed by atoms with E-state index in [1.807, 2.05) is 11.8 Å². The van der Waals surface area contributed by atoms with Crippen molar-refractivity contribution in [2.75, 3.05) is 30.3 Å². The van der Waals surface area contributed by atoms with E-state index < -0.39 is 12.1 Å². The summed E-state index contributed by atoms with van der Waals surface area (Å²) in [5.41, 5.74) is 12.0. The predicted octanol–water partition coefficient (Wildman–Crippen LogP) is 1.71. The smallest absolute Gasteiger partial charge is 0.339 e. The van der Waals surface area contributed by atoms with Crippen LogP contribution >= 0.6 is 23.4 Å². The van der Waals surface area contributed by atoms with Gasteiger partial charge in [0.05, 0.1) is 23.9 Å². The third-order valence-corrected chi connectivity index (χ3v) is 7.73. The molecule has 2 aliphatic rings. The number of piperidine rings is 1. The van der Waals surface area contributed by atoms with Crippen molar-refractivity contribution in [1.29, 1.82) is 0 Å². The van der Waals surface area contributed by atoms with Gasteiger partial charge in [0.25, 0.3) is 0 Å². The molecule has 2 aromatic rings. The molecule has 0 aliphatic carbocycles. The number of aliphatic carboxylic acids is 1. The highest BCUT2D eigenvalue weighted by atomic mass is 35.5. The minimum absolute atomic E-state index is 0.0103. The number of carbonyl (C=O) groups is 1. The molecule has 0 radical (unpaired) electrons. The summed E-state index contributed by atoms with van der Waals surface area (Å²) in [5.74, 6) is -0.875. The van der Waals surface area contributed by atoms with Crippen LogP contribution in [0.2, 0.25) is 5.02 Å². The van der Waals surface area contributed by atoms with Crippen LogP contribution in [0.1, 0.15) is 31.6 Å². The fraction of sp³-hybridized carbons (Fsp3) is 0.500. The Balaban J connectivity index is 1.60. The summed E-state index contributed by atoms with van der Waals surface area (Å²) in [5, 5.41) is 20.4. The van der Waals surface area contributed by atoms with E-state index in [0.717, 1.165) is 24.6 Å². The minimum atomic E-state index is -1.82. The lowest BCUT2D eigenvalue weighted by Gasteiger charge is -2.42. The topological polar surface area (TPSA) is 161 Å². The van der Waals surface area contributed by atoms with Crippen molar-refractivity contribution in [2.45, 2.75) is 47.9 Å². The normalized spacial score (nSPS) is 23.4. The molecular weight excluding hydrogens is 456 g/mol. The van der Waals surface area contributed by atoms with Gasteiger partial charge in [-0.3, -0.25) is 0 Å². The van der Waals surface area contributed by atoms with Gasteiger partial charge in [-0.1, -0.05) is 23.4 Å². The zero-order valence-corrected chi connectivity index (χ0v) is 19.0. The second-order valence-corrected chi connectivity index (χ2v) is 9.60. The van der Waals surface area contributed by atoms with Gasteiger partial charge in [0.1, 0.15) is 16.5 Å². The van der Waals surface area contributed by atoms with Gasteiger partial charge < -0.3 is 31.3 Å². The second-order valence-electron chi connectivity index (χ2n) is 8.16. The zero-order chi connectivity index (χ0) is 23.0. The fourth-order valence-corrected chi connectivity index (χ4v) is 5.27. The SMILES string of the molecule is C[C@@H]1OCC2(CCN(c3ncc(Sc4ccnc(N)c4Cl)nc3C(O)C(=O)O)CC2)[C@@H]1N. The quantitative estimate of drug-likeness (QED) is 0.492. The molecule has 2 aromatic heterocycles. The van der Waals surface area contributed by atoms with Crippen LogP contribution in [0.15, 0.2) is 28.4 Å². The molecule has 0 amide bonds. The predicted molar refractivity (Wildman–Crippen MR) is 120 cm³/mol. The molecule has 12 heteroatoms. The molecule has 0 saturated carbocycles. The number of nitrogen functional groups attached to an aromatic ring is 1. The maximum atomic E-state index is 11.6. The van der Waals surface area contributed by atoms with Crippen molar-refractivity contribution in [2.24, 2.45) is 11.1 Å². The maximum Gasteiger partial charge on any atom is 0.339 e. The van der Waals surface area contributed by atoms with Crippen LogP contribution in [0.3, 0.4) is 0 Å². The zero-order valence-electron chi connectivity index (χ0n) is 17.4. The first kappa shape index (κ1) is 23.0. The first-order valence-electron chi connectivity index (χ1n) is 10.2. The van der Waals surface area contributed by atoms with Crippen LogP contribution in [0.4, 0.5) is 11.6 Å². The highest BCUT2D eigenvalue weighted by molar-refractivity contribution is 7.99. The first-order valence-corrected chi connectivity index (χ1v) is 11.4. The van der Waals surface area contributed by atoms with E-state index in [9.17, 15) is 15.0 Å². The van der Waals surface area contributed by atoms with E-state index in [1.165, 1.54) is 12.4 Å². The highest BCUT2D eigenvalue weighted by Crippen LogP contribution is 2.43. The molecule has 4 heterocycles. The highest BCUT2D eigenvalue weighted by Gasteiger charge is 2.48. The fourth-order valence-electron chi connectivity index (χ4n) is 4.24. The number of aromatic nitrogens is 3. The molecule has 1 unspecified atom stereocenters. The summed E-state index contributed by atoms with van der Waals surface area (Å²) in [6.45, 7) is 3.82. The van der Waals surface area contributed by atoms with Crippen molar-refractivity contribution >= 4 is 41.0 Å². The van der Waals surface area contributed by atoms with Gasteiger partial charge in [-0.15, -0.1) is 0 Å². The second kappa shape index (κ2) is 8.99.